The molecule has 0 N–H and O–H groups in total. The third-order valence-corrected chi connectivity index (χ3v) is 23.7. The Labute approximate surface area is 263 Å². The van der Waals surface area contributed by atoms with Crippen molar-refractivity contribution in [3.63, 3.8) is 0 Å². The molecule has 7 rings (SSSR count). The second-order valence-electron chi connectivity index (χ2n) is 11.8. The SMILES string of the molecule is CCC(C)C1=Cc2c(ccc(-c3ccccc3)c2-c2ccccc2C)[CH]1[Zr]([Cl])([Cl])[c]1cccc2c1[SiH2]c1ccccc1-2. The monoisotopic (exact) mass is 678 g/mol. The molecular formula is C38H34Cl2SiZr. The van der Waals surface area contributed by atoms with Gasteiger partial charge < -0.3 is 0 Å². The Morgan fingerprint density at radius 2 is 1.43 bits per heavy atom. The quantitative estimate of drug-likeness (QED) is 0.155. The second kappa shape index (κ2) is 11.2. The number of rotatable bonds is 6. The van der Waals surface area contributed by atoms with Crippen LogP contribution in [0.3, 0.4) is 0 Å². The van der Waals surface area contributed by atoms with Gasteiger partial charge in [-0.2, -0.15) is 0 Å². The van der Waals surface area contributed by atoms with Crippen LogP contribution in [0, 0.1) is 12.8 Å². The van der Waals surface area contributed by atoms with Crippen molar-refractivity contribution in [2.45, 2.75) is 30.8 Å². The van der Waals surface area contributed by atoms with Gasteiger partial charge in [-0.1, -0.05) is 0 Å². The zero-order chi connectivity index (χ0) is 29.0. The van der Waals surface area contributed by atoms with Gasteiger partial charge in [-0.3, -0.25) is 0 Å². The third-order valence-electron chi connectivity index (χ3n) is 9.49. The number of hydrogen-bond donors (Lipinski definition) is 0. The zero-order valence-corrected chi connectivity index (χ0v) is 29.7. The van der Waals surface area contributed by atoms with E-state index in [2.05, 4.69) is 136 Å². The minimum atomic E-state index is -4.06. The first-order chi connectivity index (χ1) is 20.4. The van der Waals surface area contributed by atoms with E-state index in [0.717, 1.165) is 6.42 Å². The van der Waals surface area contributed by atoms with Crippen molar-refractivity contribution in [3.8, 4) is 33.4 Å². The molecule has 0 radical (unpaired) electrons. The molecule has 0 fully saturated rings. The fraction of sp³-hybridized carbons (Fsp3) is 0.158. The van der Waals surface area contributed by atoms with Crippen LogP contribution in [0.15, 0.2) is 115 Å². The van der Waals surface area contributed by atoms with E-state index in [0.29, 0.717) is 5.92 Å². The predicted octanol–water partition coefficient (Wildman–Crippen LogP) is 8.70. The van der Waals surface area contributed by atoms with Crippen LogP contribution in [0.5, 0.6) is 0 Å². The molecule has 2 atom stereocenters. The summed E-state index contributed by atoms with van der Waals surface area (Å²) in [5.74, 6) is 0.395. The van der Waals surface area contributed by atoms with Gasteiger partial charge in [-0.25, -0.2) is 0 Å². The Bertz CT molecular complexity index is 1860. The molecule has 42 heavy (non-hydrogen) atoms. The Kier molecular flexibility index (Phi) is 7.56. The van der Waals surface area contributed by atoms with E-state index in [1.165, 1.54) is 69.3 Å². The van der Waals surface area contributed by atoms with Crippen LogP contribution in [-0.4, -0.2) is 9.52 Å². The number of fused-ring (bicyclic) bond motifs is 4. The molecule has 0 saturated heterocycles. The van der Waals surface area contributed by atoms with Gasteiger partial charge in [0.15, 0.2) is 0 Å². The summed E-state index contributed by atoms with van der Waals surface area (Å²) >= 11 is -4.06. The van der Waals surface area contributed by atoms with Crippen LogP contribution in [0.4, 0.5) is 0 Å². The van der Waals surface area contributed by atoms with E-state index < -0.39 is 27.4 Å². The van der Waals surface area contributed by atoms with Gasteiger partial charge in [0.2, 0.25) is 0 Å². The van der Waals surface area contributed by atoms with Gasteiger partial charge in [0.25, 0.3) is 0 Å². The van der Waals surface area contributed by atoms with Crippen LogP contribution in [0.1, 0.15) is 40.6 Å². The standard InChI is InChI=1S/C26H25.C12H9Si.2ClH.Zr/c1-4-18(2)22-16-21-14-15-24(20-11-6-5-7-12-20)26(25(21)17-22)23-13-9-8-10-19(23)3;1-3-7-11-9(5-1)10-6-2-4-8-12(10)13-11;;;/h5-18H,4H2,1-3H3;1-7H,13H2;2*1H;/q;;;;+2/p-2. The van der Waals surface area contributed by atoms with Crippen LogP contribution in [-0.2, 0) is 17.9 Å². The van der Waals surface area contributed by atoms with Gasteiger partial charge in [-0.05, 0) is 0 Å². The second-order valence-corrected chi connectivity index (χ2v) is 27.7. The molecule has 5 aromatic rings. The van der Waals surface area contributed by atoms with Crippen LogP contribution in [0.25, 0.3) is 39.5 Å². The summed E-state index contributed by atoms with van der Waals surface area (Å²) in [6.07, 6.45) is 3.54. The molecule has 2 unspecified atom stereocenters. The minimum absolute atomic E-state index is 0.0735. The Morgan fingerprint density at radius 3 is 2.19 bits per heavy atom. The molecule has 1 heterocycles. The van der Waals surface area contributed by atoms with Gasteiger partial charge >= 0.3 is 266 Å². The fourth-order valence-electron chi connectivity index (χ4n) is 7.17. The molecule has 5 aromatic carbocycles. The molecule has 0 aromatic heterocycles. The molecule has 1 aliphatic heterocycles. The number of halogens is 2. The van der Waals surface area contributed by atoms with Gasteiger partial charge in [0, 0.05) is 0 Å². The average Bonchev–Trinajstić information content (AvgIpc) is 3.60. The Hall–Kier alpha value is -2.48. The number of benzene rings is 5. The van der Waals surface area contributed by atoms with E-state index >= 15 is 0 Å². The van der Waals surface area contributed by atoms with Crippen molar-refractivity contribution >= 4 is 46.3 Å². The van der Waals surface area contributed by atoms with Crippen molar-refractivity contribution in [2.24, 2.45) is 5.92 Å². The molecule has 0 nitrogen and oxygen atoms in total. The van der Waals surface area contributed by atoms with Crippen molar-refractivity contribution in [2.75, 3.05) is 0 Å². The van der Waals surface area contributed by atoms with Crippen molar-refractivity contribution < 1.29 is 17.9 Å². The summed E-state index contributed by atoms with van der Waals surface area (Å²) in [4.78, 5) is 0. The van der Waals surface area contributed by atoms with E-state index in [-0.39, 0.29) is 3.63 Å². The first-order valence-corrected chi connectivity index (χ1v) is 25.4. The molecule has 0 spiro atoms. The first kappa shape index (κ1) is 28.3. The maximum atomic E-state index is 7.96. The van der Waals surface area contributed by atoms with Crippen LogP contribution < -0.4 is 13.6 Å². The number of hydrogen-bond acceptors (Lipinski definition) is 0. The molecular weight excluding hydrogens is 647 g/mol. The van der Waals surface area contributed by atoms with E-state index in [1.807, 2.05) is 0 Å². The molecule has 0 saturated carbocycles. The van der Waals surface area contributed by atoms with E-state index in [9.17, 15) is 0 Å². The number of allylic oxidation sites excluding steroid dienone is 1. The average molecular weight is 681 g/mol. The normalized spacial score (nSPS) is 16.6. The first-order valence-electron chi connectivity index (χ1n) is 15.0. The summed E-state index contributed by atoms with van der Waals surface area (Å²) in [6, 6.07) is 39.9. The zero-order valence-electron chi connectivity index (χ0n) is 24.3. The maximum absolute atomic E-state index is 7.96. The van der Waals surface area contributed by atoms with Gasteiger partial charge in [-0.15, -0.1) is 0 Å². The van der Waals surface area contributed by atoms with Crippen LogP contribution >= 0.6 is 17.0 Å². The molecule has 0 bridgehead atoms. The third kappa shape index (κ3) is 4.58. The topological polar surface area (TPSA) is 0 Å². The molecule has 4 heteroatoms. The summed E-state index contributed by atoms with van der Waals surface area (Å²) in [5.41, 5.74) is 13.1. The molecule has 1 aliphatic carbocycles. The molecule has 208 valence electrons. The van der Waals surface area contributed by atoms with E-state index in [1.54, 1.807) is 0 Å². The van der Waals surface area contributed by atoms with Gasteiger partial charge in [0.05, 0.1) is 0 Å². The number of aryl methyl sites for hydroxylation is 1. The summed E-state index contributed by atoms with van der Waals surface area (Å²) in [6.45, 7) is 6.86. The van der Waals surface area contributed by atoms with Crippen LogP contribution in [0.2, 0.25) is 0 Å². The summed E-state index contributed by atoms with van der Waals surface area (Å²) in [7, 11) is 15.3. The van der Waals surface area contributed by atoms with Gasteiger partial charge in [0.1, 0.15) is 0 Å². The Morgan fingerprint density at radius 1 is 0.738 bits per heavy atom. The van der Waals surface area contributed by atoms with Crippen molar-refractivity contribution in [1.82, 2.24) is 0 Å². The van der Waals surface area contributed by atoms with Crippen molar-refractivity contribution in [1.29, 1.82) is 0 Å². The summed E-state index contributed by atoms with van der Waals surface area (Å²) < 4.78 is 1.37. The fourth-order valence-corrected chi connectivity index (χ4v) is 24.1. The van der Waals surface area contributed by atoms with Crippen molar-refractivity contribution in [3.05, 3.63) is 131 Å². The Balaban J connectivity index is 1.47. The molecule has 2 aliphatic rings. The predicted molar refractivity (Wildman–Crippen MR) is 183 cm³/mol. The molecule has 0 amide bonds. The summed E-state index contributed by atoms with van der Waals surface area (Å²) in [5, 5.41) is 2.99. The van der Waals surface area contributed by atoms with E-state index in [4.69, 9.17) is 17.0 Å².